The number of hydrogen-bond acceptors (Lipinski definition) is 6. The predicted molar refractivity (Wildman–Crippen MR) is 55.6 cm³/mol. The predicted octanol–water partition coefficient (Wildman–Crippen LogP) is 0.328. The van der Waals surface area contributed by atoms with Gasteiger partial charge in [-0.3, -0.25) is 9.59 Å². The van der Waals surface area contributed by atoms with Gasteiger partial charge in [-0.25, -0.2) is 0 Å². The Morgan fingerprint density at radius 3 is 2.59 bits per heavy atom. The van der Waals surface area contributed by atoms with Gasteiger partial charge in [-0.1, -0.05) is 0 Å². The van der Waals surface area contributed by atoms with E-state index < -0.39 is 30.3 Å². The normalized spacial score (nSPS) is 27.0. The highest BCUT2D eigenvalue weighted by atomic mass is 16.6. The quantitative estimate of drug-likeness (QED) is 0.521. The zero-order valence-corrected chi connectivity index (χ0v) is 9.58. The number of nitriles is 1. The third-order valence-corrected chi connectivity index (χ3v) is 2.04. The van der Waals surface area contributed by atoms with E-state index >= 15 is 0 Å². The third kappa shape index (κ3) is 4.25. The Morgan fingerprint density at radius 2 is 2.06 bits per heavy atom. The fourth-order valence-electron chi connectivity index (χ4n) is 1.36. The van der Waals surface area contributed by atoms with Gasteiger partial charge in [-0.2, -0.15) is 5.26 Å². The van der Waals surface area contributed by atoms with Crippen LogP contribution in [0.15, 0.2) is 12.2 Å². The summed E-state index contributed by atoms with van der Waals surface area (Å²) in [6, 6.07) is 1.91. The van der Waals surface area contributed by atoms with Crippen molar-refractivity contribution < 1.29 is 23.8 Å². The van der Waals surface area contributed by atoms with Gasteiger partial charge in [-0.15, -0.1) is 0 Å². The van der Waals surface area contributed by atoms with E-state index in [2.05, 4.69) is 0 Å². The van der Waals surface area contributed by atoms with Gasteiger partial charge in [0, 0.05) is 13.8 Å². The summed E-state index contributed by atoms with van der Waals surface area (Å²) >= 11 is 0. The molecular formula is C11H13NO5. The molecule has 1 aliphatic heterocycles. The summed E-state index contributed by atoms with van der Waals surface area (Å²) in [6.45, 7) is 2.48. The van der Waals surface area contributed by atoms with Crippen molar-refractivity contribution in [1.82, 2.24) is 0 Å². The molecule has 6 nitrogen and oxygen atoms in total. The number of esters is 2. The van der Waals surface area contributed by atoms with Crippen LogP contribution in [0.3, 0.4) is 0 Å². The molecule has 0 N–H and O–H groups in total. The van der Waals surface area contributed by atoms with Gasteiger partial charge in [0.2, 0.25) is 0 Å². The van der Waals surface area contributed by atoms with Crippen LogP contribution in [0, 0.1) is 11.3 Å². The zero-order valence-electron chi connectivity index (χ0n) is 9.58. The monoisotopic (exact) mass is 239 g/mol. The van der Waals surface area contributed by atoms with E-state index in [-0.39, 0.29) is 6.61 Å². The standard InChI is InChI=1S/C11H13NO5/c1-7(13)15-6-11-10(16-8(2)14)4-3-9(5-12)17-11/h3-4,9-11H,6H2,1-2H3/t9-,10-,11+/m0/s1. The van der Waals surface area contributed by atoms with Crippen molar-refractivity contribution in [1.29, 1.82) is 5.26 Å². The molecule has 0 saturated carbocycles. The first kappa shape index (κ1) is 13.2. The number of carbonyl (C=O) groups excluding carboxylic acids is 2. The average Bonchev–Trinajstić information content (AvgIpc) is 2.27. The second kappa shape index (κ2) is 6.01. The van der Waals surface area contributed by atoms with E-state index in [1.807, 2.05) is 6.07 Å². The van der Waals surface area contributed by atoms with Gasteiger partial charge >= 0.3 is 11.9 Å². The molecule has 3 atom stereocenters. The highest BCUT2D eigenvalue weighted by Crippen LogP contribution is 2.16. The van der Waals surface area contributed by atoms with E-state index in [1.54, 1.807) is 6.08 Å². The molecule has 0 aromatic rings. The molecule has 0 aromatic carbocycles. The number of nitrogens with zero attached hydrogens (tertiary/aromatic N) is 1. The van der Waals surface area contributed by atoms with Crippen molar-refractivity contribution >= 4 is 11.9 Å². The minimum Gasteiger partial charge on any atom is -0.463 e. The van der Waals surface area contributed by atoms with Crippen LogP contribution in [0.5, 0.6) is 0 Å². The molecule has 1 heterocycles. The van der Waals surface area contributed by atoms with E-state index in [9.17, 15) is 9.59 Å². The number of rotatable bonds is 3. The summed E-state index contributed by atoms with van der Waals surface area (Å²) < 4.78 is 15.1. The number of carbonyl (C=O) groups is 2. The van der Waals surface area contributed by atoms with Gasteiger partial charge in [0.1, 0.15) is 18.8 Å². The first-order valence-corrected chi connectivity index (χ1v) is 5.07. The number of hydrogen-bond donors (Lipinski definition) is 0. The van der Waals surface area contributed by atoms with E-state index in [1.165, 1.54) is 19.9 Å². The second-order valence-corrected chi connectivity index (χ2v) is 3.49. The number of ether oxygens (including phenoxy) is 3. The van der Waals surface area contributed by atoms with Crippen LogP contribution >= 0.6 is 0 Å². The summed E-state index contributed by atoms with van der Waals surface area (Å²) in [5.74, 6) is -0.926. The van der Waals surface area contributed by atoms with E-state index in [0.717, 1.165) is 0 Å². The lowest BCUT2D eigenvalue weighted by atomic mass is 10.1. The van der Waals surface area contributed by atoms with Crippen LogP contribution in [0.25, 0.3) is 0 Å². The van der Waals surface area contributed by atoms with Gasteiger partial charge in [-0.05, 0) is 12.2 Å². The lowest BCUT2D eigenvalue weighted by Gasteiger charge is -2.28. The molecule has 0 bridgehead atoms. The molecule has 1 rings (SSSR count). The summed E-state index contributed by atoms with van der Waals surface area (Å²) in [5, 5.41) is 8.71. The maximum atomic E-state index is 10.9. The van der Waals surface area contributed by atoms with Gasteiger partial charge in [0.05, 0.1) is 6.07 Å². The molecule has 0 amide bonds. The SMILES string of the molecule is CC(=O)OC[C@H]1O[C@H](C#N)C=C[C@@H]1OC(C)=O. The smallest absolute Gasteiger partial charge is 0.303 e. The Morgan fingerprint density at radius 1 is 1.35 bits per heavy atom. The summed E-state index contributed by atoms with van der Waals surface area (Å²) in [4.78, 5) is 21.6. The summed E-state index contributed by atoms with van der Waals surface area (Å²) in [6.07, 6.45) is 1.04. The van der Waals surface area contributed by atoms with E-state index in [4.69, 9.17) is 19.5 Å². The minimum atomic E-state index is -0.720. The topological polar surface area (TPSA) is 85.6 Å². The molecular weight excluding hydrogens is 226 g/mol. The van der Waals surface area contributed by atoms with Crippen molar-refractivity contribution in [3.05, 3.63) is 12.2 Å². The van der Waals surface area contributed by atoms with Crippen LogP contribution in [-0.2, 0) is 23.8 Å². The lowest BCUT2D eigenvalue weighted by molar-refractivity contribution is -0.161. The first-order valence-electron chi connectivity index (χ1n) is 5.07. The minimum absolute atomic E-state index is 0.0597. The Bertz CT molecular complexity index is 371. The molecule has 17 heavy (non-hydrogen) atoms. The molecule has 0 radical (unpaired) electrons. The van der Waals surface area contributed by atoms with Crippen LogP contribution in [0.4, 0.5) is 0 Å². The molecule has 0 saturated heterocycles. The Labute approximate surface area is 98.7 Å². The first-order chi connectivity index (χ1) is 8.02. The summed E-state index contributed by atoms with van der Waals surface area (Å²) in [5.41, 5.74) is 0. The fraction of sp³-hybridized carbons (Fsp3) is 0.545. The van der Waals surface area contributed by atoms with Crippen molar-refractivity contribution in [3.63, 3.8) is 0 Å². The third-order valence-electron chi connectivity index (χ3n) is 2.04. The van der Waals surface area contributed by atoms with Crippen molar-refractivity contribution in [2.45, 2.75) is 32.2 Å². The largest absolute Gasteiger partial charge is 0.463 e. The zero-order chi connectivity index (χ0) is 12.8. The van der Waals surface area contributed by atoms with Crippen LogP contribution in [0.1, 0.15) is 13.8 Å². The Hall–Kier alpha value is -1.87. The molecule has 0 spiro atoms. The molecule has 0 aliphatic carbocycles. The van der Waals surface area contributed by atoms with Crippen LogP contribution in [0.2, 0.25) is 0 Å². The van der Waals surface area contributed by atoms with Gasteiger partial charge in [0.15, 0.2) is 6.10 Å². The van der Waals surface area contributed by atoms with Crippen LogP contribution in [-0.4, -0.2) is 36.9 Å². The van der Waals surface area contributed by atoms with Crippen molar-refractivity contribution in [2.24, 2.45) is 0 Å². The highest BCUT2D eigenvalue weighted by molar-refractivity contribution is 5.66. The highest BCUT2D eigenvalue weighted by Gasteiger charge is 2.30. The van der Waals surface area contributed by atoms with Gasteiger partial charge < -0.3 is 14.2 Å². The lowest BCUT2D eigenvalue weighted by Crippen LogP contribution is -2.41. The molecule has 6 heteroatoms. The molecule has 0 unspecified atom stereocenters. The molecule has 0 aromatic heterocycles. The van der Waals surface area contributed by atoms with E-state index in [0.29, 0.717) is 0 Å². The second-order valence-electron chi connectivity index (χ2n) is 3.49. The maximum Gasteiger partial charge on any atom is 0.303 e. The summed E-state index contributed by atoms with van der Waals surface area (Å²) in [7, 11) is 0. The van der Waals surface area contributed by atoms with Crippen molar-refractivity contribution in [3.8, 4) is 6.07 Å². The molecule has 92 valence electrons. The van der Waals surface area contributed by atoms with Crippen LogP contribution < -0.4 is 0 Å². The molecule has 1 aliphatic rings. The Balaban J connectivity index is 2.66. The fourth-order valence-corrected chi connectivity index (χ4v) is 1.36. The maximum absolute atomic E-state index is 10.9. The van der Waals surface area contributed by atoms with Gasteiger partial charge in [0.25, 0.3) is 0 Å². The Kier molecular flexibility index (Phi) is 4.67. The van der Waals surface area contributed by atoms with Crippen molar-refractivity contribution in [2.75, 3.05) is 6.61 Å². The molecule has 0 fully saturated rings. The average molecular weight is 239 g/mol.